The smallest absolute Gasteiger partial charge is 0.306 e. The van der Waals surface area contributed by atoms with Gasteiger partial charge in [0.05, 0.1) is 0 Å². The van der Waals surface area contributed by atoms with E-state index < -0.39 is 18.0 Å². The van der Waals surface area contributed by atoms with Gasteiger partial charge in [-0.25, -0.2) is 0 Å². The van der Waals surface area contributed by atoms with Crippen molar-refractivity contribution in [1.29, 1.82) is 0 Å². The first-order chi connectivity index (χ1) is 31.0. The Morgan fingerprint density at radius 2 is 0.698 bits per heavy atom. The van der Waals surface area contributed by atoms with Crippen LogP contribution in [0.5, 0.6) is 0 Å². The molecule has 0 saturated carbocycles. The Morgan fingerprint density at radius 1 is 0.333 bits per heavy atom. The summed E-state index contributed by atoms with van der Waals surface area (Å²) in [6.45, 7) is 6.02. The Morgan fingerprint density at radius 3 is 1.16 bits per heavy atom. The molecule has 0 N–H and O–H groups in total. The van der Waals surface area contributed by atoms with Crippen LogP contribution in [0.15, 0.2) is 182 Å². The van der Waals surface area contributed by atoms with Gasteiger partial charge in [-0.05, 0) is 89.9 Å². The van der Waals surface area contributed by atoms with Crippen molar-refractivity contribution in [2.24, 2.45) is 0 Å². The van der Waals surface area contributed by atoms with Crippen LogP contribution in [0.1, 0.15) is 136 Å². The molecule has 0 rings (SSSR count). The van der Waals surface area contributed by atoms with Crippen LogP contribution in [0.25, 0.3) is 0 Å². The lowest BCUT2D eigenvalue weighted by molar-refractivity contribution is -0.166. The molecule has 0 fully saturated rings. The number of unbranched alkanes of at least 4 members (excludes halogenated alkanes) is 4. The van der Waals surface area contributed by atoms with Crippen molar-refractivity contribution in [3.8, 4) is 0 Å². The Balaban J connectivity index is 4.70. The number of rotatable bonds is 38. The molecule has 0 bridgehead atoms. The molecule has 0 heterocycles. The van der Waals surface area contributed by atoms with Crippen molar-refractivity contribution in [3.05, 3.63) is 182 Å². The van der Waals surface area contributed by atoms with Gasteiger partial charge in [0.15, 0.2) is 6.10 Å². The minimum atomic E-state index is -0.872. The third-order valence-corrected chi connectivity index (χ3v) is 8.62. The van der Waals surface area contributed by atoms with E-state index in [1.165, 1.54) is 0 Å². The number of carbonyl (C=O) groups excluding carboxylic acids is 3. The lowest BCUT2D eigenvalue weighted by Gasteiger charge is -2.18. The van der Waals surface area contributed by atoms with Crippen molar-refractivity contribution < 1.29 is 28.6 Å². The Kier molecular flexibility index (Phi) is 44.9. The summed E-state index contributed by atoms with van der Waals surface area (Å²) in [6.07, 6.45) is 74.7. The molecule has 0 amide bonds. The lowest BCUT2D eigenvalue weighted by atomic mass is 10.1. The Labute approximate surface area is 383 Å². The van der Waals surface area contributed by atoms with Crippen LogP contribution < -0.4 is 0 Å². The molecular formula is C57H80O6. The molecule has 0 radical (unpaired) electrons. The van der Waals surface area contributed by atoms with E-state index in [0.29, 0.717) is 25.7 Å². The van der Waals surface area contributed by atoms with E-state index in [0.717, 1.165) is 70.6 Å². The fraction of sp³-hybridized carbons (Fsp3) is 0.421. The fourth-order valence-corrected chi connectivity index (χ4v) is 5.21. The molecule has 344 valence electrons. The normalized spacial score (nSPS) is 13.8. The average molecular weight is 861 g/mol. The summed E-state index contributed by atoms with van der Waals surface area (Å²) in [5, 5.41) is 0. The average Bonchev–Trinajstić information content (AvgIpc) is 3.28. The van der Waals surface area contributed by atoms with Crippen LogP contribution in [0.3, 0.4) is 0 Å². The first-order valence-corrected chi connectivity index (χ1v) is 23.4. The minimum Gasteiger partial charge on any atom is -0.462 e. The monoisotopic (exact) mass is 861 g/mol. The third kappa shape index (κ3) is 47.4. The zero-order valence-electron chi connectivity index (χ0n) is 39.0. The molecular weight excluding hydrogens is 781 g/mol. The van der Waals surface area contributed by atoms with Crippen molar-refractivity contribution >= 4 is 17.9 Å². The number of allylic oxidation sites excluding steroid dienone is 30. The second-order valence-corrected chi connectivity index (χ2v) is 14.4. The van der Waals surface area contributed by atoms with E-state index >= 15 is 0 Å². The number of carbonyl (C=O) groups is 3. The van der Waals surface area contributed by atoms with Crippen LogP contribution in [0, 0.1) is 0 Å². The zero-order valence-corrected chi connectivity index (χ0v) is 39.0. The summed E-state index contributed by atoms with van der Waals surface area (Å²) >= 11 is 0. The van der Waals surface area contributed by atoms with Gasteiger partial charge in [-0.2, -0.15) is 0 Å². The van der Waals surface area contributed by atoms with Crippen molar-refractivity contribution in [2.75, 3.05) is 13.2 Å². The second-order valence-electron chi connectivity index (χ2n) is 14.4. The van der Waals surface area contributed by atoms with Gasteiger partial charge in [-0.1, -0.05) is 209 Å². The highest BCUT2D eigenvalue weighted by Gasteiger charge is 2.19. The molecule has 0 aliphatic carbocycles. The molecule has 0 spiro atoms. The predicted octanol–water partition coefficient (Wildman–Crippen LogP) is 15.4. The molecule has 0 aliphatic rings. The molecule has 6 heteroatoms. The minimum absolute atomic E-state index is 0.162. The molecule has 0 aliphatic heterocycles. The summed E-state index contributed by atoms with van der Waals surface area (Å²) in [6, 6.07) is 0. The molecule has 1 unspecified atom stereocenters. The van der Waals surface area contributed by atoms with E-state index in [4.69, 9.17) is 14.2 Å². The van der Waals surface area contributed by atoms with Crippen molar-refractivity contribution in [3.63, 3.8) is 0 Å². The summed E-state index contributed by atoms with van der Waals surface area (Å²) in [7, 11) is 0. The quantitative estimate of drug-likeness (QED) is 0.0202. The maximum absolute atomic E-state index is 12.7. The molecule has 63 heavy (non-hydrogen) atoms. The van der Waals surface area contributed by atoms with Gasteiger partial charge in [-0.3, -0.25) is 14.4 Å². The van der Waals surface area contributed by atoms with Gasteiger partial charge >= 0.3 is 17.9 Å². The highest BCUT2D eigenvalue weighted by atomic mass is 16.6. The first-order valence-electron chi connectivity index (χ1n) is 23.4. The van der Waals surface area contributed by atoms with Crippen LogP contribution in [0.2, 0.25) is 0 Å². The fourth-order valence-electron chi connectivity index (χ4n) is 5.21. The molecule has 0 aromatic heterocycles. The van der Waals surface area contributed by atoms with Crippen LogP contribution in [0.4, 0.5) is 0 Å². The van der Waals surface area contributed by atoms with Gasteiger partial charge in [0.2, 0.25) is 0 Å². The van der Waals surface area contributed by atoms with Gasteiger partial charge < -0.3 is 14.2 Å². The number of ether oxygens (including phenoxy) is 3. The van der Waals surface area contributed by atoms with E-state index in [1.807, 2.05) is 103 Å². The van der Waals surface area contributed by atoms with E-state index in [-0.39, 0.29) is 38.4 Å². The summed E-state index contributed by atoms with van der Waals surface area (Å²) in [5.41, 5.74) is 0. The number of esters is 3. The van der Waals surface area contributed by atoms with Gasteiger partial charge in [0.25, 0.3) is 0 Å². The summed E-state index contributed by atoms with van der Waals surface area (Å²) in [4.78, 5) is 37.8. The number of hydrogen-bond acceptors (Lipinski definition) is 6. The predicted molar refractivity (Wildman–Crippen MR) is 269 cm³/mol. The standard InChI is InChI=1S/C57H80O6/c1-4-7-10-13-16-19-22-25-26-27-28-29-30-33-35-38-41-44-47-50-56(59)62-53-54(63-57(60)51-48-45-42-39-36-32-24-21-18-15-12-9-6-3)52-61-55(58)49-46-43-40-37-34-31-23-20-17-14-11-8-5-2/h7-12,14-21,23-26,28-29,31-36,39,41-42,44,54H,4-6,13,22,27,30,37-38,40,43,45-53H2,1-3H3/b10-7-,11-8-,12-9-,17-14-,18-15-,19-16-,23-20-,24-21-,26-25-,29-28-,34-31-,35-33-,36-32-,42-39-,44-41-. The highest BCUT2D eigenvalue weighted by molar-refractivity contribution is 5.71. The van der Waals surface area contributed by atoms with Gasteiger partial charge in [0.1, 0.15) is 13.2 Å². The lowest BCUT2D eigenvalue weighted by Crippen LogP contribution is -2.30. The van der Waals surface area contributed by atoms with Crippen LogP contribution in [-0.4, -0.2) is 37.2 Å². The van der Waals surface area contributed by atoms with Crippen molar-refractivity contribution in [2.45, 2.75) is 142 Å². The van der Waals surface area contributed by atoms with Gasteiger partial charge in [0, 0.05) is 19.3 Å². The highest BCUT2D eigenvalue weighted by Crippen LogP contribution is 2.09. The van der Waals surface area contributed by atoms with Gasteiger partial charge in [-0.15, -0.1) is 0 Å². The van der Waals surface area contributed by atoms with E-state index in [1.54, 1.807) is 0 Å². The SMILES string of the molecule is CC\C=C/C=C\C=C/C=C\C=C/CCCC(=O)OC(COC(=O)CC/C=C\C/C=C\C/C=C\C/C=C\C/C=C\C/C=C\CC)COC(=O)CCCCC\C=C/C=C\C=C/C=C\CC. The topological polar surface area (TPSA) is 78.9 Å². The van der Waals surface area contributed by atoms with Crippen molar-refractivity contribution in [1.82, 2.24) is 0 Å². The summed E-state index contributed by atoms with van der Waals surface area (Å²) in [5.74, 6) is -1.18. The van der Waals surface area contributed by atoms with E-state index in [9.17, 15) is 14.4 Å². The van der Waals surface area contributed by atoms with E-state index in [2.05, 4.69) is 99.8 Å². The molecule has 1 atom stereocenters. The number of hydrogen-bond donors (Lipinski definition) is 0. The molecule has 6 nitrogen and oxygen atoms in total. The first kappa shape index (κ1) is 57.5. The maximum atomic E-state index is 12.7. The summed E-state index contributed by atoms with van der Waals surface area (Å²) < 4.78 is 16.5. The molecule has 0 aromatic carbocycles. The molecule has 0 saturated heterocycles. The molecule has 0 aromatic rings. The maximum Gasteiger partial charge on any atom is 0.306 e. The van der Waals surface area contributed by atoms with Crippen LogP contribution in [-0.2, 0) is 28.6 Å². The Bertz CT molecular complexity index is 1600. The zero-order chi connectivity index (χ0) is 45.8. The second kappa shape index (κ2) is 49.2. The van der Waals surface area contributed by atoms with Crippen LogP contribution >= 0.6 is 0 Å². The largest absolute Gasteiger partial charge is 0.462 e. The Hall–Kier alpha value is -5.49. The third-order valence-electron chi connectivity index (χ3n) is 8.62.